The number of rotatable bonds is 4. The first-order valence-corrected chi connectivity index (χ1v) is 9.02. The molecule has 0 aliphatic heterocycles. The van der Waals surface area contributed by atoms with E-state index in [2.05, 4.69) is 31.4 Å². The largest absolute Gasteiger partial charge is 0.388 e. The van der Waals surface area contributed by atoms with Crippen molar-refractivity contribution < 1.29 is 9.32 Å². The van der Waals surface area contributed by atoms with Gasteiger partial charge in [0.1, 0.15) is 0 Å². The van der Waals surface area contributed by atoms with E-state index in [0.717, 1.165) is 31.4 Å². The zero-order valence-corrected chi connectivity index (χ0v) is 14.1. The van der Waals surface area contributed by atoms with Crippen molar-refractivity contribution in [2.24, 2.45) is 5.41 Å². The van der Waals surface area contributed by atoms with E-state index in [9.17, 15) is 9.32 Å². The van der Waals surface area contributed by atoms with Crippen LogP contribution in [0.5, 0.6) is 0 Å². The van der Waals surface area contributed by atoms with Gasteiger partial charge in [-0.05, 0) is 37.7 Å². The van der Waals surface area contributed by atoms with E-state index in [0.29, 0.717) is 0 Å². The van der Waals surface area contributed by atoms with Crippen molar-refractivity contribution in [3.05, 3.63) is 23.0 Å². The fourth-order valence-corrected chi connectivity index (χ4v) is 3.63. The SMILES string of the molecule is Cc1cc2c(n1CCC(C)S(C)=O)CC(C)(C)CC2O. The molecular weight excluding hydrogens is 270 g/mol. The average Bonchev–Trinajstić information content (AvgIpc) is 2.61. The topological polar surface area (TPSA) is 42.2 Å². The molecule has 20 heavy (non-hydrogen) atoms. The number of hydrogen-bond donors (Lipinski definition) is 1. The van der Waals surface area contributed by atoms with Crippen LogP contribution in [0.3, 0.4) is 0 Å². The maximum absolute atomic E-state index is 11.5. The Morgan fingerprint density at radius 2 is 2.20 bits per heavy atom. The van der Waals surface area contributed by atoms with Gasteiger partial charge in [0, 0.05) is 45.8 Å². The number of aryl methyl sites for hydroxylation is 1. The number of nitrogens with zero attached hydrogens (tertiary/aromatic N) is 1. The fourth-order valence-electron chi connectivity index (χ4n) is 3.19. The molecule has 3 nitrogen and oxygen atoms in total. The summed E-state index contributed by atoms with van der Waals surface area (Å²) in [4.78, 5) is 0. The Hall–Kier alpha value is -0.610. The Bertz CT molecular complexity index is 519. The predicted molar refractivity (Wildman–Crippen MR) is 84.4 cm³/mol. The van der Waals surface area contributed by atoms with E-state index in [4.69, 9.17) is 0 Å². The molecule has 1 N–H and O–H groups in total. The van der Waals surface area contributed by atoms with E-state index >= 15 is 0 Å². The summed E-state index contributed by atoms with van der Waals surface area (Å²) in [5.41, 5.74) is 3.74. The van der Waals surface area contributed by atoms with Crippen molar-refractivity contribution in [1.82, 2.24) is 4.57 Å². The molecule has 0 saturated heterocycles. The molecule has 0 aromatic carbocycles. The highest BCUT2D eigenvalue weighted by Crippen LogP contribution is 2.42. The molecule has 1 heterocycles. The van der Waals surface area contributed by atoms with Crippen LogP contribution in [-0.4, -0.2) is 25.4 Å². The first-order chi connectivity index (χ1) is 9.21. The summed E-state index contributed by atoms with van der Waals surface area (Å²) in [6, 6.07) is 2.13. The lowest BCUT2D eigenvalue weighted by Crippen LogP contribution is -2.27. The van der Waals surface area contributed by atoms with E-state index in [1.807, 2.05) is 6.92 Å². The third-order valence-corrected chi connectivity index (χ3v) is 5.89. The molecule has 2 rings (SSSR count). The minimum Gasteiger partial charge on any atom is -0.388 e. The highest BCUT2D eigenvalue weighted by atomic mass is 32.2. The smallest absolute Gasteiger partial charge is 0.0812 e. The van der Waals surface area contributed by atoms with E-state index in [1.165, 1.54) is 11.4 Å². The maximum atomic E-state index is 11.5. The molecule has 0 amide bonds. The van der Waals surface area contributed by atoms with Gasteiger partial charge < -0.3 is 9.67 Å². The van der Waals surface area contributed by atoms with Gasteiger partial charge in [-0.2, -0.15) is 0 Å². The quantitative estimate of drug-likeness (QED) is 0.928. The third kappa shape index (κ3) is 3.17. The summed E-state index contributed by atoms with van der Waals surface area (Å²) in [5, 5.41) is 10.6. The van der Waals surface area contributed by atoms with Crippen molar-refractivity contribution >= 4 is 10.8 Å². The molecule has 0 saturated carbocycles. The normalized spacial score (nSPS) is 24.2. The van der Waals surface area contributed by atoms with Crippen LogP contribution in [0.15, 0.2) is 6.07 Å². The van der Waals surface area contributed by atoms with Crippen molar-refractivity contribution in [3.8, 4) is 0 Å². The lowest BCUT2D eigenvalue weighted by molar-refractivity contribution is 0.0979. The zero-order valence-electron chi connectivity index (χ0n) is 13.3. The van der Waals surface area contributed by atoms with Crippen molar-refractivity contribution in [2.75, 3.05) is 6.26 Å². The number of aromatic nitrogens is 1. The highest BCUT2D eigenvalue weighted by Gasteiger charge is 2.33. The van der Waals surface area contributed by atoms with Crippen LogP contribution in [0.1, 0.15) is 56.7 Å². The van der Waals surface area contributed by atoms with Gasteiger partial charge in [0.2, 0.25) is 0 Å². The molecule has 1 aromatic heterocycles. The molecule has 114 valence electrons. The first kappa shape index (κ1) is 15.8. The Labute approximate surface area is 124 Å². The zero-order chi connectivity index (χ0) is 15.1. The lowest BCUT2D eigenvalue weighted by Gasteiger charge is -2.34. The molecular formula is C16H27NO2S. The number of hydrogen-bond acceptors (Lipinski definition) is 2. The summed E-state index contributed by atoms with van der Waals surface area (Å²) in [5.74, 6) is 0. The summed E-state index contributed by atoms with van der Waals surface area (Å²) in [6.45, 7) is 9.47. The predicted octanol–water partition coefficient (Wildman–Crippen LogP) is 2.96. The van der Waals surface area contributed by atoms with Crippen LogP contribution in [0.25, 0.3) is 0 Å². The van der Waals surface area contributed by atoms with Crippen molar-refractivity contribution in [1.29, 1.82) is 0 Å². The van der Waals surface area contributed by atoms with Crippen molar-refractivity contribution in [2.45, 2.75) is 64.9 Å². The number of aliphatic hydroxyl groups is 1. The summed E-state index contributed by atoms with van der Waals surface area (Å²) >= 11 is 0. The van der Waals surface area contributed by atoms with Gasteiger partial charge in [-0.1, -0.05) is 20.8 Å². The molecule has 1 aliphatic carbocycles. The van der Waals surface area contributed by atoms with Gasteiger partial charge in [-0.3, -0.25) is 4.21 Å². The molecule has 1 aromatic rings. The van der Waals surface area contributed by atoms with Crippen LogP contribution < -0.4 is 0 Å². The van der Waals surface area contributed by atoms with Crippen LogP contribution in [0.4, 0.5) is 0 Å². The summed E-state index contributed by atoms with van der Waals surface area (Å²) in [6.07, 6.45) is 4.19. The van der Waals surface area contributed by atoms with Gasteiger partial charge in [-0.25, -0.2) is 0 Å². The standard InChI is InChI=1S/C16H27NO2S/c1-11-8-13-14(9-16(3,4)10-15(13)18)17(11)7-6-12(2)20(5)19/h8,12,15,18H,6-7,9-10H2,1-5H3. The molecule has 4 heteroatoms. The molecule has 3 atom stereocenters. The van der Waals surface area contributed by atoms with Crippen LogP contribution >= 0.6 is 0 Å². The van der Waals surface area contributed by atoms with Gasteiger partial charge in [0.05, 0.1) is 6.10 Å². The van der Waals surface area contributed by atoms with Crippen LogP contribution in [-0.2, 0) is 23.8 Å². The third-order valence-electron chi connectivity index (χ3n) is 4.53. The van der Waals surface area contributed by atoms with Gasteiger partial charge in [0.15, 0.2) is 0 Å². The summed E-state index contributed by atoms with van der Waals surface area (Å²) in [7, 11) is -0.765. The molecule has 0 bridgehead atoms. The minimum absolute atomic E-state index is 0.147. The van der Waals surface area contributed by atoms with E-state index < -0.39 is 10.8 Å². The summed E-state index contributed by atoms with van der Waals surface area (Å²) < 4.78 is 13.8. The second kappa shape index (κ2) is 5.64. The average molecular weight is 297 g/mol. The first-order valence-electron chi connectivity index (χ1n) is 7.40. The molecule has 3 unspecified atom stereocenters. The van der Waals surface area contributed by atoms with Crippen LogP contribution in [0.2, 0.25) is 0 Å². The highest BCUT2D eigenvalue weighted by molar-refractivity contribution is 7.84. The Balaban J connectivity index is 2.25. The Morgan fingerprint density at radius 3 is 2.80 bits per heavy atom. The minimum atomic E-state index is -0.765. The molecule has 1 aliphatic rings. The van der Waals surface area contributed by atoms with Gasteiger partial charge in [-0.15, -0.1) is 0 Å². The molecule has 0 spiro atoms. The number of fused-ring (bicyclic) bond motifs is 1. The van der Waals surface area contributed by atoms with E-state index in [-0.39, 0.29) is 16.8 Å². The Kier molecular flexibility index (Phi) is 4.45. The Morgan fingerprint density at radius 1 is 1.55 bits per heavy atom. The fraction of sp³-hybridized carbons (Fsp3) is 0.750. The lowest BCUT2D eigenvalue weighted by atomic mass is 9.75. The monoisotopic (exact) mass is 297 g/mol. The van der Waals surface area contributed by atoms with Crippen LogP contribution in [0, 0.1) is 12.3 Å². The molecule has 0 fully saturated rings. The second-order valence-corrected chi connectivity index (χ2v) is 8.80. The second-order valence-electron chi connectivity index (χ2n) is 7.00. The number of aliphatic hydroxyl groups excluding tert-OH is 1. The van der Waals surface area contributed by atoms with Crippen molar-refractivity contribution in [3.63, 3.8) is 0 Å². The van der Waals surface area contributed by atoms with Gasteiger partial charge >= 0.3 is 0 Å². The van der Waals surface area contributed by atoms with Gasteiger partial charge in [0.25, 0.3) is 0 Å². The van der Waals surface area contributed by atoms with E-state index in [1.54, 1.807) is 6.26 Å². The maximum Gasteiger partial charge on any atom is 0.0812 e. The molecule has 0 radical (unpaired) electrons.